The van der Waals surface area contributed by atoms with Crippen LogP contribution in [0.1, 0.15) is 16.8 Å². The van der Waals surface area contributed by atoms with Gasteiger partial charge >= 0.3 is 0 Å². The standard InChI is InChI=1S/C15H15N3/c1-12-6-3-4-7-13(12)11-18(2)15-9-5-8-14(10-16)17-15/h3-9H,11H2,1-2H3. The Bertz CT molecular complexity index is 584. The van der Waals surface area contributed by atoms with Crippen LogP contribution < -0.4 is 4.90 Å². The average molecular weight is 237 g/mol. The van der Waals surface area contributed by atoms with Gasteiger partial charge in [-0.15, -0.1) is 0 Å². The largest absolute Gasteiger partial charge is 0.355 e. The highest BCUT2D eigenvalue weighted by atomic mass is 15.2. The summed E-state index contributed by atoms with van der Waals surface area (Å²) in [5.74, 6) is 0.817. The summed E-state index contributed by atoms with van der Waals surface area (Å²) in [6.45, 7) is 2.89. The van der Waals surface area contributed by atoms with Crippen LogP contribution >= 0.6 is 0 Å². The number of hydrogen-bond donors (Lipinski definition) is 0. The van der Waals surface area contributed by atoms with E-state index < -0.39 is 0 Å². The van der Waals surface area contributed by atoms with Crippen LogP contribution in [-0.2, 0) is 6.54 Å². The summed E-state index contributed by atoms with van der Waals surface area (Å²) < 4.78 is 0. The van der Waals surface area contributed by atoms with Gasteiger partial charge < -0.3 is 4.90 Å². The molecule has 0 saturated heterocycles. The summed E-state index contributed by atoms with van der Waals surface area (Å²) in [7, 11) is 1.98. The van der Waals surface area contributed by atoms with Crippen LogP contribution in [0.3, 0.4) is 0 Å². The molecule has 3 nitrogen and oxygen atoms in total. The molecule has 0 atom stereocenters. The van der Waals surface area contributed by atoms with Gasteiger partial charge in [-0.1, -0.05) is 30.3 Å². The quantitative estimate of drug-likeness (QED) is 0.824. The summed E-state index contributed by atoms with van der Waals surface area (Å²) in [5, 5.41) is 8.85. The van der Waals surface area contributed by atoms with E-state index in [4.69, 9.17) is 5.26 Å². The first-order valence-corrected chi connectivity index (χ1v) is 5.83. The fraction of sp³-hybridized carbons (Fsp3) is 0.200. The lowest BCUT2D eigenvalue weighted by Crippen LogP contribution is -2.18. The van der Waals surface area contributed by atoms with Gasteiger partial charge in [-0.25, -0.2) is 4.98 Å². The Balaban J connectivity index is 2.20. The van der Waals surface area contributed by atoms with E-state index in [9.17, 15) is 0 Å². The molecule has 0 aliphatic carbocycles. The molecule has 0 bridgehead atoms. The first-order valence-electron chi connectivity index (χ1n) is 5.83. The first-order chi connectivity index (χ1) is 8.70. The van der Waals surface area contributed by atoms with Crippen LogP contribution in [0, 0.1) is 18.3 Å². The fourth-order valence-corrected chi connectivity index (χ4v) is 1.82. The highest BCUT2D eigenvalue weighted by Crippen LogP contribution is 2.15. The van der Waals surface area contributed by atoms with Crippen molar-refractivity contribution in [1.29, 1.82) is 5.26 Å². The van der Waals surface area contributed by atoms with E-state index in [2.05, 4.69) is 30.1 Å². The number of anilines is 1. The Morgan fingerprint density at radius 2 is 1.94 bits per heavy atom. The maximum atomic E-state index is 8.85. The molecule has 0 fully saturated rings. The van der Waals surface area contributed by atoms with Crippen LogP contribution in [0.2, 0.25) is 0 Å². The zero-order chi connectivity index (χ0) is 13.0. The van der Waals surface area contributed by atoms with Gasteiger partial charge in [0.2, 0.25) is 0 Å². The maximum Gasteiger partial charge on any atom is 0.142 e. The molecule has 90 valence electrons. The molecule has 2 aromatic rings. The third kappa shape index (κ3) is 2.67. The van der Waals surface area contributed by atoms with Gasteiger partial charge in [-0.05, 0) is 30.2 Å². The van der Waals surface area contributed by atoms with Crippen LogP contribution in [0.5, 0.6) is 0 Å². The summed E-state index contributed by atoms with van der Waals surface area (Å²) in [6.07, 6.45) is 0. The minimum absolute atomic E-state index is 0.448. The summed E-state index contributed by atoms with van der Waals surface area (Å²) in [5.41, 5.74) is 2.98. The van der Waals surface area contributed by atoms with E-state index in [0.29, 0.717) is 5.69 Å². The second-order valence-electron chi connectivity index (χ2n) is 4.28. The number of aryl methyl sites for hydroxylation is 1. The fourth-order valence-electron chi connectivity index (χ4n) is 1.82. The lowest BCUT2D eigenvalue weighted by Gasteiger charge is -2.19. The molecule has 1 aromatic heterocycles. The molecular formula is C15H15N3. The number of rotatable bonds is 3. The van der Waals surface area contributed by atoms with E-state index in [1.165, 1.54) is 11.1 Å². The van der Waals surface area contributed by atoms with Gasteiger partial charge in [0.05, 0.1) is 0 Å². The Kier molecular flexibility index (Phi) is 3.59. The first kappa shape index (κ1) is 12.1. The predicted octanol–water partition coefficient (Wildman–Crippen LogP) is 2.90. The van der Waals surface area contributed by atoms with Crippen molar-refractivity contribution in [2.75, 3.05) is 11.9 Å². The Morgan fingerprint density at radius 1 is 1.17 bits per heavy atom. The number of aromatic nitrogens is 1. The highest BCUT2D eigenvalue weighted by Gasteiger charge is 2.05. The average Bonchev–Trinajstić information content (AvgIpc) is 2.41. The zero-order valence-corrected chi connectivity index (χ0v) is 10.6. The van der Waals surface area contributed by atoms with Crippen molar-refractivity contribution >= 4 is 5.82 Å². The summed E-state index contributed by atoms with van der Waals surface area (Å²) in [6, 6.07) is 15.8. The number of benzene rings is 1. The smallest absolute Gasteiger partial charge is 0.142 e. The van der Waals surface area contributed by atoms with Crippen molar-refractivity contribution in [2.24, 2.45) is 0 Å². The SMILES string of the molecule is Cc1ccccc1CN(C)c1cccc(C#N)n1. The molecule has 0 aliphatic heterocycles. The second kappa shape index (κ2) is 5.33. The van der Waals surface area contributed by atoms with Crippen LogP contribution in [-0.4, -0.2) is 12.0 Å². The number of nitriles is 1. The molecule has 0 aliphatic rings. The Labute approximate surface area is 107 Å². The molecule has 1 heterocycles. The van der Waals surface area contributed by atoms with Gasteiger partial charge in [-0.2, -0.15) is 5.26 Å². The lowest BCUT2D eigenvalue weighted by molar-refractivity contribution is 0.889. The third-order valence-electron chi connectivity index (χ3n) is 2.91. The van der Waals surface area contributed by atoms with Crippen molar-refractivity contribution in [3.63, 3.8) is 0 Å². The lowest BCUT2D eigenvalue weighted by atomic mass is 10.1. The molecule has 0 unspecified atom stereocenters. The van der Waals surface area contributed by atoms with Crippen LogP contribution in [0.4, 0.5) is 5.82 Å². The monoisotopic (exact) mass is 237 g/mol. The highest BCUT2D eigenvalue weighted by molar-refractivity contribution is 5.42. The van der Waals surface area contributed by atoms with Crippen molar-refractivity contribution in [3.8, 4) is 6.07 Å². The van der Waals surface area contributed by atoms with E-state index >= 15 is 0 Å². The molecule has 1 aromatic carbocycles. The van der Waals surface area contributed by atoms with E-state index in [0.717, 1.165) is 12.4 Å². The van der Waals surface area contributed by atoms with Gasteiger partial charge in [0, 0.05) is 13.6 Å². The number of hydrogen-bond acceptors (Lipinski definition) is 3. The second-order valence-corrected chi connectivity index (χ2v) is 4.28. The van der Waals surface area contributed by atoms with Crippen molar-refractivity contribution in [3.05, 3.63) is 59.3 Å². The van der Waals surface area contributed by atoms with Crippen LogP contribution in [0.25, 0.3) is 0 Å². The van der Waals surface area contributed by atoms with Gasteiger partial charge in [0.25, 0.3) is 0 Å². The summed E-state index contributed by atoms with van der Waals surface area (Å²) in [4.78, 5) is 6.33. The molecule has 3 heteroatoms. The van der Waals surface area contributed by atoms with Crippen molar-refractivity contribution in [2.45, 2.75) is 13.5 Å². The molecule has 0 N–H and O–H groups in total. The molecule has 0 radical (unpaired) electrons. The third-order valence-corrected chi connectivity index (χ3v) is 2.91. The van der Waals surface area contributed by atoms with E-state index in [1.54, 1.807) is 6.07 Å². The predicted molar refractivity (Wildman–Crippen MR) is 72.2 cm³/mol. The molecule has 0 spiro atoms. The minimum Gasteiger partial charge on any atom is -0.355 e. The van der Waals surface area contributed by atoms with E-state index in [-0.39, 0.29) is 0 Å². The molecular weight excluding hydrogens is 222 g/mol. The van der Waals surface area contributed by atoms with Gasteiger partial charge in [0.15, 0.2) is 0 Å². The number of pyridine rings is 1. The molecule has 2 rings (SSSR count). The minimum atomic E-state index is 0.448. The Morgan fingerprint density at radius 3 is 2.67 bits per heavy atom. The molecule has 18 heavy (non-hydrogen) atoms. The molecule has 0 saturated carbocycles. The summed E-state index contributed by atoms with van der Waals surface area (Å²) >= 11 is 0. The van der Waals surface area contributed by atoms with Crippen molar-refractivity contribution < 1.29 is 0 Å². The normalized spacial score (nSPS) is 9.83. The van der Waals surface area contributed by atoms with Gasteiger partial charge in [-0.3, -0.25) is 0 Å². The van der Waals surface area contributed by atoms with Crippen molar-refractivity contribution in [1.82, 2.24) is 4.98 Å². The molecule has 0 amide bonds. The van der Waals surface area contributed by atoms with Crippen LogP contribution in [0.15, 0.2) is 42.5 Å². The van der Waals surface area contributed by atoms with E-state index in [1.807, 2.05) is 36.2 Å². The van der Waals surface area contributed by atoms with Gasteiger partial charge in [0.1, 0.15) is 17.6 Å². The topological polar surface area (TPSA) is 39.9 Å². The number of nitrogens with zero attached hydrogens (tertiary/aromatic N) is 3. The Hall–Kier alpha value is -2.34. The maximum absolute atomic E-state index is 8.85. The zero-order valence-electron chi connectivity index (χ0n) is 10.6.